The number of carbonyl (C=O) groups is 1. The molecule has 3 N–H and O–H groups in total. The lowest BCUT2D eigenvalue weighted by Crippen LogP contribution is -2.39. The molecule has 17 heavy (non-hydrogen) atoms. The van der Waals surface area contributed by atoms with Crippen LogP contribution < -0.4 is 11.1 Å². The van der Waals surface area contributed by atoms with Gasteiger partial charge in [0.25, 0.3) is 0 Å². The number of amides is 1. The first-order valence-corrected chi connectivity index (χ1v) is 7.83. The number of hydrogen-bond acceptors (Lipinski definition) is 3. The van der Waals surface area contributed by atoms with Crippen LogP contribution >= 0.6 is 11.8 Å². The molecular weight excluding hydrogens is 232 g/mol. The van der Waals surface area contributed by atoms with Gasteiger partial charge in [0.05, 0.1) is 0 Å². The number of carbonyl (C=O) groups excluding carboxylic acids is 1. The van der Waals surface area contributed by atoms with E-state index < -0.39 is 0 Å². The summed E-state index contributed by atoms with van der Waals surface area (Å²) in [5.41, 5.74) is 5.65. The van der Waals surface area contributed by atoms with E-state index in [9.17, 15) is 4.79 Å². The Morgan fingerprint density at radius 2 is 2.29 bits per heavy atom. The van der Waals surface area contributed by atoms with Crippen molar-refractivity contribution in [2.45, 2.75) is 69.7 Å². The van der Waals surface area contributed by atoms with Gasteiger partial charge in [0.1, 0.15) is 0 Å². The van der Waals surface area contributed by atoms with Crippen LogP contribution in [0.4, 0.5) is 0 Å². The number of thioether (sulfide) groups is 1. The van der Waals surface area contributed by atoms with E-state index in [4.69, 9.17) is 5.73 Å². The Kier molecular flexibility index (Phi) is 6.97. The Bertz CT molecular complexity index is 231. The highest BCUT2D eigenvalue weighted by molar-refractivity contribution is 7.99. The van der Waals surface area contributed by atoms with E-state index in [-0.39, 0.29) is 11.9 Å². The Balaban J connectivity index is 2.23. The molecule has 0 radical (unpaired) electrons. The minimum Gasteiger partial charge on any atom is -0.353 e. The van der Waals surface area contributed by atoms with Crippen LogP contribution in [-0.4, -0.2) is 29.0 Å². The van der Waals surface area contributed by atoms with Gasteiger partial charge in [-0.3, -0.25) is 4.79 Å². The van der Waals surface area contributed by atoms with Crippen molar-refractivity contribution < 1.29 is 4.79 Å². The van der Waals surface area contributed by atoms with Crippen LogP contribution in [0.3, 0.4) is 0 Å². The maximum Gasteiger partial charge on any atom is 0.220 e. The summed E-state index contributed by atoms with van der Waals surface area (Å²) in [5, 5.41) is 3.90. The van der Waals surface area contributed by atoms with Crippen molar-refractivity contribution >= 4 is 17.7 Å². The standard InChI is InChI=1S/C13H26N2OS/c1-3-17-12-6-4-5-11(9-12)15-13(16)8-7-10(2)14/h10-12H,3-9,14H2,1-2H3,(H,15,16). The summed E-state index contributed by atoms with van der Waals surface area (Å²) in [7, 11) is 0. The van der Waals surface area contributed by atoms with E-state index in [2.05, 4.69) is 12.2 Å². The van der Waals surface area contributed by atoms with Gasteiger partial charge < -0.3 is 11.1 Å². The second kappa shape index (κ2) is 7.98. The largest absolute Gasteiger partial charge is 0.353 e. The molecule has 3 unspecified atom stereocenters. The van der Waals surface area contributed by atoms with E-state index in [0.29, 0.717) is 12.5 Å². The van der Waals surface area contributed by atoms with Gasteiger partial charge in [0, 0.05) is 23.8 Å². The van der Waals surface area contributed by atoms with Crippen LogP contribution in [0.25, 0.3) is 0 Å². The Morgan fingerprint density at radius 3 is 2.94 bits per heavy atom. The molecule has 3 atom stereocenters. The summed E-state index contributed by atoms with van der Waals surface area (Å²) >= 11 is 2.03. The molecule has 0 bridgehead atoms. The number of nitrogens with one attached hydrogen (secondary N) is 1. The van der Waals surface area contributed by atoms with E-state index in [1.165, 1.54) is 18.6 Å². The van der Waals surface area contributed by atoms with Crippen molar-refractivity contribution in [3.05, 3.63) is 0 Å². The molecule has 1 amide bonds. The second-order valence-electron chi connectivity index (χ2n) is 5.02. The molecule has 0 saturated heterocycles. The minimum atomic E-state index is 0.121. The lowest BCUT2D eigenvalue weighted by Gasteiger charge is -2.29. The Hall–Kier alpha value is -0.220. The molecule has 1 aliphatic rings. The summed E-state index contributed by atoms with van der Waals surface area (Å²) in [6.07, 6.45) is 6.19. The third-order valence-electron chi connectivity index (χ3n) is 3.22. The highest BCUT2D eigenvalue weighted by atomic mass is 32.2. The predicted octanol–water partition coefficient (Wildman–Crippen LogP) is 2.29. The molecule has 0 spiro atoms. The fourth-order valence-corrected chi connectivity index (χ4v) is 3.49. The van der Waals surface area contributed by atoms with Gasteiger partial charge in [-0.15, -0.1) is 0 Å². The average Bonchev–Trinajstić information content (AvgIpc) is 2.27. The molecule has 0 aromatic rings. The van der Waals surface area contributed by atoms with Crippen molar-refractivity contribution in [2.75, 3.05) is 5.75 Å². The summed E-state index contributed by atoms with van der Waals surface area (Å²) in [6, 6.07) is 0.517. The molecule has 1 rings (SSSR count). The molecule has 0 aromatic heterocycles. The molecule has 4 heteroatoms. The normalized spacial score (nSPS) is 26.5. The molecule has 1 fully saturated rings. The van der Waals surface area contributed by atoms with E-state index in [1.807, 2.05) is 18.7 Å². The molecule has 100 valence electrons. The number of nitrogens with two attached hydrogens (primary N) is 1. The van der Waals surface area contributed by atoms with Crippen LogP contribution in [-0.2, 0) is 4.79 Å². The lowest BCUT2D eigenvalue weighted by atomic mass is 9.95. The predicted molar refractivity (Wildman–Crippen MR) is 75.2 cm³/mol. The first-order chi connectivity index (χ1) is 8.11. The van der Waals surface area contributed by atoms with E-state index in [1.54, 1.807) is 0 Å². The molecular formula is C13H26N2OS. The molecule has 1 saturated carbocycles. The monoisotopic (exact) mass is 258 g/mol. The van der Waals surface area contributed by atoms with Gasteiger partial charge in [-0.1, -0.05) is 13.3 Å². The molecule has 1 aliphatic carbocycles. The third-order valence-corrected chi connectivity index (χ3v) is 4.45. The third kappa shape index (κ3) is 6.32. The van der Waals surface area contributed by atoms with Crippen molar-refractivity contribution in [1.82, 2.24) is 5.32 Å². The zero-order chi connectivity index (χ0) is 12.7. The summed E-state index contributed by atoms with van der Waals surface area (Å²) < 4.78 is 0. The van der Waals surface area contributed by atoms with Crippen molar-refractivity contribution in [3.63, 3.8) is 0 Å². The van der Waals surface area contributed by atoms with E-state index in [0.717, 1.165) is 24.5 Å². The van der Waals surface area contributed by atoms with Gasteiger partial charge in [0.2, 0.25) is 5.91 Å². The van der Waals surface area contributed by atoms with E-state index >= 15 is 0 Å². The van der Waals surface area contributed by atoms with Gasteiger partial charge in [-0.2, -0.15) is 11.8 Å². The summed E-state index contributed by atoms with van der Waals surface area (Å²) in [5.74, 6) is 1.35. The highest BCUT2D eigenvalue weighted by Gasteiger charge is 2.22. The van der Waals surface area contributed by atoms with Crippen LogP contribution in [0.2, 0.25) is 0 Å². The second-order valence-corrected chi connectivity index (χ2v) is 6.60. The van der Waals surface area contributed by atoms with Crippen molar-refractivity contribution in [1.29, 1.82) is 0 Å². The first kappa shape index (κ1) is 14.8. The first-order valence-electron chi connectivity index (χ1n) is 6.78. The Morgan fingerprint density at radius 1 is 1.53 bits per heavy atom. The zero-order valence-electron chi connectivity index (χ0n) is 11.1. The quantitative estimate of drug-likeness (QED) is 0.768. The smallest absolute Gasteiger partial charge is 0.220 e. The number of rotatable bonds is 6. The van der Waals surface area contributed by atoms with Gasteiger partial charge in [0.15, 0.2) is 0 Å². The summed E-state index contributed by atoms with van der Waals surface area (Å²) in [6.45, 7) is 4.15. The van der Waals surface area contributed by atoms with Gasteiger partial charge in [-0.05, 0) is 38.4 Å². The maximum atomic E-state index is 11.7. The molecule has 0 aromatic carbocycles. The maximum absolute atomic E-state index is 11.7. The SMILES string of the molecule is CCSC1CCCC(NC(=O)CCC(C)N)C1. The van der Waals surface area contributed by atoms with Crippen LogP contribution in [0.1, 0.15) is 52.4 Å². The van der Waals surface area contributed by atoms with Crippen LogP contribution in [0.5, 0.6) is 0 Å². The number of hydrogen-bond donors (Lipinski definition) is 2. The summed E-state index contributed by atoms with van der Waals surface area (Å²) in [4.78, 5) is 11.7. The topological polar surface area (TPSA) is 55.1 Å². The molecule has 0 aliphatic heterocycles. The van der Waals surface area contributed by atoms with Gasteiger partial charge >= 0.3 is 0 Å². The Labute approximate surface area is 109 Å². The lowest BCUT2D eigenvalue weighted by molar-refractivity contribution is -0.122. The van der Waals surface area contributed by atoms with Crippen LogP contribution in [0, 0.1) is 0 Å². The fourth-order valence-electron chi connectivity index (χ4n) is 2.32. The minimum absolute atomic E-state index is 0.121. The highest BCUT2D eigenvalue weighted by Crippen LogP contribution is 2.28. The van der Waals surface area contributed by atoms with Crippen molar-refractivity contribution in [3.8, 4) is 0 Å². The zero-order valence-corrected chi connectivity index (χ0v) is 11.9. The van der Waals surface area contributed by atoms with Crippen LogP contribution in [0.15, 0.2) is 0 Å². The fraction of sp³-hybridized carbons (Fsp3) is 0.923. The molecule has 3 nitrogen and oxygen atoms in total. The molecule has 0 heterocycles. The van der Waals surface area contributed by atoms with Gasteiger partial charge in [-0.25, -0.2) is 0 Å². The van der Waals surface area contributed by atoms with Crippen molar-refractivity contribution in [2.24, 2.45) is 5.73 Å². The average molecular weight is 258 g/mol.